The van der Waals surface area contributed by atoms with E-state index < -0.39 is 11.9 Å². The molecule has 0 aliphatic heterocycles. The molecular weight excluding hydrogens is 193 g/mol. The van der Waals surface area contributed by atoms with Gasteiger partial charge in [0.1, 0.15) is 0 Å². The molecule has 0 fully saturated rings. The van der Waals surface area contributed by atoms with Gasteiger partial charge in [-0.3, -0.25) is 0 Å². The number of benzene rings is 1. The lowest BCUT2D eigenvalue weighted by Gasteiger charge is -2.14. The SMILES string of the molecule is C=C(C)C[C@H](N)c1cc(C)cc(F)c1O. The van der Waals surface area contributed by atoms with Gasteiger partial charge in [-0.2, -0.15) is 0 Å². The molecule has 3 N–H and O–H groups in total. The molecule has 0 unspecified atom stereocenters. The monoisotopic (exact) mass is 209 g/mol. The molecule has 0 radical (unpaired) electrons. The minimum Gasteiger partial charge on any atom is -0.505 e. The highest BCUT2D eigenvalue weighted by Crippen LogP contribution is 2.29. The third kappa shape index (κ3) is 2.80. The Morgan fingerprint density at radius 3 is 2.73 bits per heavy atom. The third-order valence-corrected chi connectivity index (χ3v) is 2.21. The summed E-state index contributed by atoms with van der Waals surface area (Å²) in [6, 6.07) is 2.58. The quantitative estimate of drug-likeness (QED) is 0.752. The molecule has 0 amide bonds. The molecule has 0 aliphatic rings. The van der Waals surface area contributed by atoms with Gasteiger partial charge in [-0.25, -0.2) is 4.39 Å². The molecule has 0 bridgehead atoms. The number of aryl methyl sites for hydroxylation is 1. The molecule has 1 rings (SSSR count). The lowest BCUT2D eigenvalue weighted by atomic mass is 9.98. The van der Waals surface area contributed by atoms with Crippen molar-refractivity contribution in [1.29, 1.82) is 0 Å². The van der Waals surface area contributed by atoms with E-state index in [1.165, 1.54) is 6.07 Å². The van der Waals surface area contributed by atoms with Gasteiger partial charge in [0.15, 0.2) is 11.6 Å². The molecule has 3 heteroatoms. The van der Waals surface area contributed by atoms with Crippen LogP contribution >= 0.6 is 0 Å². The van der Waals surface area contributed by atoms with Crippen molar-refractivity contribution in [3.63, 3.8) is 0 Å². The molecule has 0 heterocycles. The van der Waals surface area contributed by atoms with E-state index in [0.29, 0.717) is 12.0 Å². The van der Waals surface area contributed by atoms with E-state index in [0.717, 1.165) is 11.1 Å². The summed E-state index contributed by atoms with van der Waals surface area (Å²) < 4.78 is 13.2. The van der Waals surface area contributed by atoms with Crippen LogP contribution in [0, 0.1) is 12.7 Å². The van der Waals surface area contributed by atoms with Crippen molar-refractivity contribution in [2.75, 3.05) is 0 Å². The van der Waals surface area contributed by atoms with Crippen molar-refractivity contribution < 1.29 is 9.50 Å². The molecule has 82 valence electrons. The molecular formula is C12H16FNO. The molecule has 1 atom stereocenters. The second kappa shape index (κ2) is 4.45. The van der Waals surface area contributed by atoms with E-state index in [4.69, 9.17) is 5.73 Å². The first kappa shape index (κ1) is 11.7. The molecule has 0 aliphatic carbocycles. The number of hydrogen-bond acceptors (Lipinski definition) is 2. The highest BCUT2D eigenvalue weighted by atomic mass is 19.1. The minimum absolute atomic E-state index is 0.352. The standard InChI is InChI=1S/C12H16FNO/c1-7(2)4-11(14)9-5-8(3)6-10(13)12(9)15/h5-6,11,15H,1,4,14H2,2-3H3/t11-/m0/s1. The van der Waals surface area contributed by atoms with Crippen LogP contribution in [0.4, 0.5) is 4.39 Å². The number of aromatic hydroxyl groups is 1. The maximum absolute atomic E-state index is 13.2. The molecule has 1 aromatic rings. The van der Waals surface area contributed by atoms with Crippen LogP contribution in [0.5, 0.6) is 5.75 Å². The van der Waals surface area contributed by atoms with Gasteiger partial charge in [0, 0.05) is 11.6 Å². The van der Waals surface area contributed by atoms with Crippen molar-refractivity contribution >= 4 is 0 Å². The number of rotatable bonds is 3. The Balaban J connectivity index is 3.07. The van der Waals surface area contributed by atoms with E-state index >= 15 is 0 Å². The summed E-state index contributed by atoms with van der Waals surface area (Å²) in [5.74, 6) is -0.975. The highest BCUT2D eigenvalue weighted by Gasteiger charge is 2.14. The molecule has 15 heavy (non-hydrogen) atoms. The van der Waals surface area contributed by atoms with Gasteiger partial charge in [0.2, 0.25) is 0 Å². The van der Waals surface area contributed by atoms with Crippen LogP contribution in [0.2, 0.25) is 0 Å². The fraction of sp³-hybridized carbons (Fsp3) is 0.333. The van der Waals surface area contributed by atoms with Crippen LogP contribution in [0.3, 0.4) is 0 Å². The zero-order chi connectivity index (χ0) is 11.6. The molecule has 0 saturated heterocycles. The largest absolute Gasteiger partial charge is 0.505 e. The average Bonchev–Trinajstić information content (AvgIpc) is 2.09. The van der Waals surface area contributed by atoms with Crippen molar-refractivity contribution in [2.24, 2.45) is 5.73 Å². The van der Waals surface area contributed by atoms with Crippen LogP contribution in [-0.2, 0) is 0 Å². The summed E-state index contributed by atoms with van der Waals surface area (Å²) in [4.78, 5) is 0. The summed E-state index contributed by atoms with van der Waals surface area (Å²) in [5, 5.41) is 9.52. The van der Waals surface area contributed by atoms with E-state index in [1.54, 1.807) is 13.0 Å². The second-order valence-corrected chi connectivity index (χ2v) is 3.95. The summed E-state index contributed by atoms with van der Waals surface area (Å²) in [6.45, 7) is 7.35. The number of hydrogen-bond donors (Lipinski definition) is 2. The fourth-order valence-electron chi connectivity index (χ4n) is 1.53. The number of halogens is 1. The average molecular weight is 209 g/mol. The van der Waals surface area contributed by atoms with Crippen LogP contribution in [0.15, 0.2) is 24.3 Å². The summed E-state index contributed by atoms with van der Waals surface area (Å²) in [6.07, 6.45) is 0.538. The zero-order valence-corrected chi connectivity index (χ0v) is 9.05. The van der Waals surface area contributed by atoms with Crippen LogP contribution in [0.1, 0.15) is 30.5 Å². The Kier molecular flexibility index (Phi) is 3.48. The van der Waals surface area contributed by atoms with Crippen LogP contribution in [0.25, 0.3) is 0 Å². The Bertz CT molecular complexity index is 387. The molecule has 2 nitrogen and oxygen atoms in total. The molecule has 0 spiro atoms. The number of phenols is 1. The maximum Gasteiger partial charge on any atom is 0.165 e. The Morgan fingerprint density at radius 2 is 2.20 bits per heavy atom. The number of phenolic OH excluding ortho intramolecular Hbond substituents is 1. The van der Waals surface area contributed by atoms with Crippen LogP contribution < -0.4 is 5.73 Å². The smallest absolute Gasteiger partial charge is 0.165 e. The summed E-state index contributed by atoms with van der Waals surface area (Å²) >= 11 is 0. The van der Waals surface area contributed by atoms with Crippen molar-refractivity contribution in [3.8, 4) is 5.75 Å². The van der Waals surface area contributed by atoms with E-state index in [1.807, 2.05) is 6.92 Å². The fourth-order valence-corrected chi connectivity index (χ4v) is 1.53. The molecule has 0 saturated carbocycles. The van der Waals surface area contributed by atoms with Crippen molar-refractivity contribution in [3.05, 3.63) is 41.2 Å². The third-order valence-electron chi connectivity index (χ3n) is 2.21. The summed E-state index contributed by atoms with van der Waals surface area (Å²) in [5.41, 5.74) is 7.94. The lowest BCUT2D eigenvalue weighted by molar-refractivity contribution is 0.420. The van der Waals surface area contributed by atoms with E-state index in [-0.39, 0.29) is 5.75 Å². The van der Waals surface area contributed by atoms with Crippen LogP contribution in [-0.4, -0.2) is 5.11 Å². The summed E-state index contributed by atoms with van der Waals surface area (Å²) in [7, 11) is 0. The first-order valence-corrected chi connectivity index (χ1v) is 4.80. The van der Waals surface area contributed by atoms with Gasteiger partial charge in [0.25, 0.3) is 0 Å². The topological polar surface area (TPSA) is 46.2 Å². The normalized spacial score (nSPS) is 12.5. The van der Waals surface area contributed by atoms with Crippen molar-refractivity contribution in [1.82, 2.24) is 0 Å². The van der Waals surface area contributed by atoms with Gasteiger partial charge in [-0.1, -0.05) is 11.6 Å². The van der Waals surface area contributed by atoms with E-state index in [2.05, 4.69) is 6.58 Å². The minimum atomic E-state index is -0.623. The van der Waals surface area contributed by atoms with Gasteiger partial charge >= 0.3 is 0 Å². The predicted octanol–water partition coefficient (Wildman–Crippen LogP) is 2.81. The molecule has 1 aromatic carbocycles. The van der Waals surface area contributed by atoms with Gasteiger partial charge in [0.05, 0.1) is 0 Å². The zero-order valence-electron chi connectivity index (χ0n) is 9.05. The Hall–Kier alpha value is -1.35. The Morgan fingerprint density at radius 1 is 1.60 bits per heavy atom. The van der Waals surface area contributed by atoms with Gasteiger partial charge < -0.3 is 10.8 Å². The number of nitrogens with two attached hydrogens (primary N) is 1. The van der Waals surface area contributed by atoms with Crippen molar-refractivity contribution in [2.45, 2.75) is 26.3 Å². The maximum atomic E-state index is 13.2. The first-order valence-electron chi connectivity index (χ1n) is 4.80. The van der Waals surface area contributed by atoms with Gasteiger partial charge in [-0.15, -0.1) is 6.58 Å². The molecule has 0 aromatic heterocycles. The highest BCUT2D eigenvalue weighted by molar-refractivity contribution is 5.39. The lowest BCUT2D eigenvalue weighted by Crippen LogP contribution is -2.11. The Labute approximate surface area is 89.2 Å². The second-order valence-electron chi connectivity index (χ2n) is 3.95. The first-order chi connectivity index (χ1) is 6.91. The van der Waals surface area contributed by atoms with Gasteiger partial charge in [-0.05, 0) is 31.9 Å². The predicted molar refractivity (Wildman–Crippen MR) is 59.2 cm³/mol. The van der Waals surface area contributed by atoms with E-state index in [9.17, 15) is 9.50 Å².